The molecule has 0 spiro atoms. The van der Waals surface area contributed by atoms with Crippen LogP contribution >= 0.6 is 0 Å². The summed E-state index contributed by atoms with van der Waals surface area (Å²) in [6, 6.07) is 6.30. The van der Waals surface area contributed by atoms with Gasteiger partial charge in [0, 0.05) is 13.5 Å². The van der Waals surface area contributed by atoms with Gasteiger partial charge in [0.25, 0.3) is 10.1 Å². The molecule has 6 nitrogen and oxygen atoms in total. The molecule has 7 heteroatoms. The standard InChI is InChI=1S/C31H56O6S/c1-4-5-6-7-8-9-10-11-12-13-14-15-16-17-18-19-20-28(36-3)25-30(32)31(33)26-37-38(34,35)29-23-21-27(2)22-24-29/h21-24,28,30-33H,4-20,25-26H2,1-3H3. The molecule has 3 atom stereocenters. The molecule has 0 saturated carbocycles. The third kappa shape index (κ3) is 16.9. The highest BCUT2D eigenvalue weighted by Gasteiger charge is 2.24. The third-order valence-corrected chi connectivity index (χ3v) is 8.66. The number of rotatable bonds is 25. The largest absolute Gasteiger partial charge is 0.390 e. The number of methoxy groups -OCH3 is 1. The fourth-order valence-corrected chi connectivity index (χ4v) is 5.65. The van der Waals surface area contributed by atoms with Gasteiger partial charge in [-0.1, -0.05) is 127 Å². The van der Waals surface area contributed by atoms with Gasteiger partial charge in [-0.2, -0.15) is 8.42 Å². The summed E-state index contributed by atoms with van der Waals surface area (Å²) in [5.41, 5.74) is 0.939. The highest BCUT2D eigenvalue weighted by molar-refractivity contribution is 7.86. The van der Waals surface area contributed by atoms with Crippen LogP contribution in [0.4, 0.5) is 0 Å². The van der Waals surface area contributed by atoms with Crippen LogP contribution < -0.4 is 0 Å². The molecule has 0 bridgehead atoms. The summed E-state index contributed by atoms with van der Waals surface area (Å²) in [7, 11) is -2.37. The maximum atomic E-state index is 12.3. The van der Waals surface area contributed by atoms with E-state index in [0.29, 0.717) is 0 Å². The molecule has 1 rings (SSSR count). The number of aliphatic hydroxyl groups excluding tert-OH is 2. The Morgan fingerprint density at radius 2 is 1.16 bits per heavy atom. The van der Waals surface area contributed by atoms with Crippen molar-refractivity contribution in [2.45, 2.75) is 153 Å². The van der Waals surface area contributed by atoms with Crippen LogP contribution in [0, 0.1) is 6.92 Å². The van der Waals surface area contributed by atoms with E-state index < -0.39 is 28.9 Å². The van der Waals surface area contributed by atoms with Crippen molar-refractivity contribution in [3.05, 3.63) is 29.8 Å². The molecule has 0 saturated heterocycles. The first-order valence-electron chi connectivity index (χ1n) is 15.1. The van der Waals surface area contributed by atoms with Crippen molar-refractivity contribution in [2.24, 2.45) is 0 Å². The van der Waals surface area contributed by atoms with Gasteiger partial charge in [0.2, 0.25) is 0 Å². The van der Waals surface area contributed by atoms with E-state index in [4.69, 9.17) is 8.92 Å². The number of aryl methyl sites for hydroxylation is 1. The summed E-state index contributed by atoms with van der Waals surface area (Å²) in [6.07, 6.45) is 19.6. The van der Waals surface area contributed by atoms with Crippen molar-refractivity contribution in [2.75, 3.05) is 13.7 Å². The smallest absolute Gasteiger partial charge is 0.297 e. The first kappa shape index (κ1) is 35.0. The Morgan fingerprint density at radius 1 is 0.711 bits per heavy atom. The molecule has 0 aliphatic heterocycles. The van der Waals surface area contributed by atoms with Gasteiger partial charge < -0.3 is 14.9 Å². The van der Waals surface area contributed by atoms with Crippen molar-refractivity contribution >= 4 is 10.1 Å². The summed E-state index contributed by atoms with van der Waals surface area (Å²) < 4.78 is 35.0. The van der Waals surface area contributed by atoms with Gasteiger partial charge >= 0.3 is 0 Å². The summed E-state index contributed by atoms with van der Waals surface area (Å²) in [4.78, 5) is 0.0306. The maximum absolute atomic E-state index is 12.3. The second kappa shape index (κ2) is 21.8. The van der Waals surface area contributed by atoms with Crippen LogP contribution in [0.25, 0.3) is 0 Å². The number of benzene rings is 1. The minimum atomic E-state index is -3.98. The quantitative estimate of drug-likeness (QED) is 0.0958. The second-order valence-corrected chi connectivity index (χ2v) is 12.5. The van der Waals surface area contributed by atoms with Gasteiger partial charge in [-0.25, -0.2) is 0 Å². The third-order valence-electron chi connectivity index (χ3n) is 7.37. The highest BCUT2D eigenvalue weighted by atomic mass is 32.2. The number of aliphatic hydroxyl groups is 2. The Bertz CT molecular complexity index is 780. The summed E-state index contributed by atoms with van der Waals surface area (Å²) >= 11 is 0. The Labute approximate surface area is 233 Å². The van der Waals surface area contributed by atoms with Crippen molar-refractivity contribution in [1.82, 2.24) is 0 Å². The van der Waals surface area contributed by atoms with E-state index in [9.17, 15) is 18.6 Å². The summed E-state index contributed by atoms with van der Waals surface area (Å²) in [5.74, 6) is 0. The van der Waals surface area contributed by atoms with Crippen molar-refractivity contribution in [3.63, 3.8) is 0 Å². The van der Waals surface area contributed by atoms with Crippen LogP contribution in [0.2, 0.25) is 0 Å². The van der Waals surface area contributed by atoms with Crippen molar-refractivity contribution < 1.29 is 27.6 Å². The minimum Gasteiger partial charge on any atom is -0.390 e. The molecule has 0 aliphatic carbocycles. The molecular formula is C31H56O6S. The summed E-state index contributed by atoms with van der Waals surface area (Å²) in [6.45, 7) is 3.64. The van der Waals surface area contributed by atoms with E-state index in [1.807, 2.05) is 6.92 Å². The Kier molecular flexibility index (Phi) is 20.1. The normalized spacial score (nSPS) is 14.4. The number of ether oxygens (including phenoxy) is 1. The van der Waals surface area contributed by atoms with E-state index in [2.05, 4.69) is 6.92 Å². The minimum absolute atomic E-state index is 0.0306. The molecule has 0 radical (unpaired) electrons. The fourth-order valence-electron chi connectivity index (χ4n) is 4.72. The van der Waals surface area contributed by atoms with Gasteiger partial charge in [0.15, 0.2) is 0 Å². The predicted molar refractivity (Wildman–Crippen MR) is 156 cm³/mol. The molecule has 1 aromatic rings. The zero-order valence-electron chi connectivity index (χ0n) is 24.4. The van der Waals surface area contributed by atoms with Crippen LogP contribution in [-0.4, -0.2) is 50.7 Å². The van der Waals surface area contributed by atoms with Gasteiger partial charge in [-0.15, -0.1) is 0 Å². The van der Waals surface area contributed by atoms with Crippen LogP contribution in [0.5, 0.6) is 0 Å². The first-order valence-corrected chi connectivity index (χ1v) is 16.6. The molecule has 0 aliphatic rings. The molecule has 0 amide bonds. The topological polar surface area (TPSA) is 93.1 Å². The molecule has 0 heterocycles. The lowest BCUT2D eigenvalue weighted by molar-refractivity contribution is -0.0399. The SMILES string of the molecule is CCCCCCCCCCCCCCCCCCC(CC(O)C(O)COS(=O)(=O)c1ccc(C)cc1)OC. The molecule has 3 unspecified atom stereocenters. The van der Waals surface area contributed by atoms with Crippen molar-refractivity contribution in [3.8, 4) is 0 Å². The number of unbranched alkanes of at least 4 members (excludes halogenated alkanes) is 15. The van der Waals surface area contributed by atoms with E-state index >= 15 is 0 Å². The van der Waals surface area contributed by atoms with Gasteiger partial charge in [-0.05, 0) is 25.5 Å². The second-order valence-electron chi connectivity index (χ2n) is 10.9. The summed E-state index contributed by atoms with van der Waals surface area (Å²) in [5, 5.41) is 20.6. The lowest BCUT2D eigenvalue weighted by Crippen LogP contribution is -2.35. The van der Waals surface area contributed by atoms with E-state index in [1.54, 1.807) is 19.2 Å². The first-order chi connectivity index (χ1) is 18.3. The Morgan fingerprint density at radius 3 is 1.61 bits per heavy atom. The van der Waals surface area contributed by atoms with Crippen molar-refractivity contribution in [1.29, 1.82) is 0 Å². The number of hydrogen-bond donors (Lipinski definition) is 2. The molecule has 38 heavy (non-hydrogen) atoms. The zero-order chi connectivity index (χ0) is 28.1. The molecule has 222 valence electrons. The molecule has 1 aromatic carbocycles. The average molecular weight is 557 g/mol. The van der Waals surface area contributed by atoms with Crippen LogP contribution in [0.15, 0.2) is 29.2 Å². The maximum Gasteiger partial charge on any atom is 0.297 e. The van der Waals surface area contributed by atoms with Gasteiger partial charge in [0.1, 0.15) is 6.10 Å². The van der Waals surface area contributed by atoms with Crippen LogP contribution in [0.3, 0.4) is 0 Å². The van der Waals surface area contributed by atoms with Gasteiger partial charge in [0.05, 0.1) is 23.7 Å². The molecular weight excluding hydrogens is 500 g/mol. The van der Waals surface area contributed by atoms with E-state index in [-0.39, 0.29) is 17.4 Å². The average Bonchev–Trinajstić information content (AvgIpc) is 2.90. The van der Waals surface area contributed by atoms with E-state index in [0.717, 1.165) is 24.8 Å². The Balaban J connectivity index is 2.06. The van der Waals surface area contributed by atoms with Crippen LogP contribution in [0.1, 0.15) is 128 Å². The zero-order valence-corrected chi connectivity index (χ0v) is 25.2. The monoisotopic (exact) mass is 556 g/mol. The van der Waals surface area contributed by atoms with E-state index in [1.165, 1.54) is 102 Å². The highest BCUT2D eigenvalue weighted by Crippen LogP contribution is 2.18. The Hall–Kier alpha value is -0.990. The molecule has 0 fully saturated rings. The van der Waals surface area contributed by atoms with Crippen LogP contribution in [-0.2, 0) is 19.0 Å². The molecule has 0 aromatic heterocycles. The lowest BCUT2D eigenvalue weighted by Gasteiger charge is -2.22. The van der Waals surface area contributed by atoms with Gasteiger partial charge in [-0.3, -0.25) is 4.18 Å². The predicted octanol–water partition coefficient (Wildman–Crippen LogP) is 7.48. The molecule has 2 N–H and O–H groups in total. The fraction of sp³-hybridized carbons (Fsp3) is 0.806. The number of hydrogen-bond acceptors (Lipinski definition) is 6. The lowest BCUT2D eigenvalue weighted by atomic mass is 10.0.